The van der Waals surface area contributed by atoms with Crippen molar-refractivity contribution in [2.24, 2.45) is 0 Å². The van der Waals surface area contributed by atoms with Crippen LogP contribution in [0.5, 0.6) is 5.75 Å². The van der Waals surface area contributed by atoms with Gasteiger partial charge in [0.1, 0.15) is 0 Å². The van der Waals surface area contributed by atoms with E-state index in [1.54, 1.807) is 13.1 Å². The number of aromatic nitrogens is 2. The van der Waals surface area contributed by atoms with Gasteiger partial charge >= 0.3 is 6.09 Å². The maximum atomic E-state index is 11.6. The van der Waals surface area contributed by atoms with Gasteiger partial charge in [-0.15, -0.1) is 5.06 Å². The molecule has 0 saturated heterocycles. The first-order valence-corrected chi connectivity index (χ1v) is 6.91. The molecule has 0 radical (unpaired) electrons. The van der Waals surface area contributed by atoms with Gasteiger partial charge in [0.25, 0.3) is 0 Å². The van der Waals surface area contributed by atoms with E-state index in [9.17, 15) is 4.79 Å². The van der Waals surface area contributed by atoms with Crippen molar-refractivity contribution in [3.05, 3.63) is 48.3 Å². The van der Waals surface area contributed by atoms with Crippen molar-refractivity contribution in [2.45, 2.75) is 20.4 Å². The lowest BCUT2D eigenvalue weighted by Gasteiger charge is -2.19. The van der Waals surface area contributed by atoms with Crippen molar-refractivity contribution in [3.63, 3.8) is 0 Å². The Morgan fingerprint density at radius 2 is 2.05 bits per heavy atom. The van der Waals surface area contributed by atoms with Crippen LogP contribution in [-0.2, 0) is 11.3 Å². The van der Waals surface area contributed by atoms with E-state index < -0.39 is 6.09 Å². The molecule has 2 rings (SSSR count). The van der Waals surface area contributed by atoms with E-state index in [4.69, 9.17) is 9.57 Å². The zero-order valence-corrected chi connectivity index (χ0v) is 12.2. The van der Waals surface area contributed by atoms with E-state index in [2.05, 4.69) is 5.10 Å². The Kier molecular flexibility index (Phi) is 5.20. The molecule has 0 aliphatic rings. The van der Waals surface area contributed by atoms with Gasteiger partial charge in [-0.25, -0.2) is 4.79 Å². The third kappa shape index (κ3) is 4.24. The molecule has 1 aromatic heterocycles. The molecule has 1 heterocycles. The molecule has 112 valence electrons. The highest BCUT2D eigenvalue weighted by molar-refractivity contribution is 5.66. The van der Waals surface area contributed by atoms with Crippen LogP contribution in [0.15, 0.2) is 42.7 Å². The minimum Gasteiger partial charge on any atom is -0.448 e. The van der Waals surface area contributed by atoms with Gasteiger partial charge in [-0.3, -0.25) is 4.68 Å². The van der Waals surface area contributed by atoms with Gasteiger partial charge in [0.2, 0.25) is 0 Å². The van der Waals surface area contributed by atoms with Crippen LogP contribution in [0.2, 0.25) is 0 Å². The van der Waals surface area contributed by atoms with E-state index in [0.29, 0.717) is 25.4 Å². The first kappa shape index (κ1) is 14.9. The lowest BCUT2D eigenvalue weighted by atomic mass is 10.2. The Morgan fingerprint density at radius 3 is 2.62 bits per heavy atom. The Labute approximate surface area is 123 Å². The third-order valence-electron chi connectivity index (χ3n) is 2.80. The van der Waals surface area contributed by atoms with Crippen molar-refractivity contribution in [3.8, 4) is 5.75 Å². The highest BCUT2D eigenvalue weighted by atomic mass is 16.7. The number of ether oxygens (including phenoxy) is 1. The summed E-state index contributed by atoms with van der Waals surface area (Å²) in [6, 6.07) is 9.41. The van der Waals surface area contributed by atoms with Crippen LogP contribution in [0, 0.1) is 0 Å². The number of carbonyl (C=O) groups is 1. The van der Waals surface area contributed by atoms with E-state index >= 15 is 0 Å². The van der Waals surface area contributed by atoms with Crippen molar-refractivity contribution in [1.29, 1.82) is 0 Å². The second kappa shape index (κ2) is 7.33. The lowest BCUT2D eigenvalue weighted by molar-refractivity contribution is -0.0431. The molecule has 0 bridgehead atoms. The predicted octanol–water partition coefficient (Wildman–Crippen LogP) is 2.70. The van der Waals surface area contributed by atoms with Gasteiger partial charge in [0, 0.05) is 12.4 Å². The van der Waals surface area contributed by atoms with Crippen LogP contribution in [0.25, 0.3) is 0 Å². The monoisotopic (exact) mass is 289 g/mol. The first-order valence-electron chi connectivity index (χ1n) is 6.91. The molecule has 0 atom stereocenters. The Balaban J connectivity index is 1.96. The van der Waals surface area contributed by atoms with E-state index in [1.807, 2.05) is 48.1 Å². The van der Waals surface area contributed by atoms with Gasteiger partial charge in [-0.2, -0.15) is 5.10 Å². The molecule has 0 saturated carbocycles. The molecular formula is C15H19N3O3. The van der Waals surface area contributed by atoms with Crippen molar-refractivity contribution >= 4 is 6.09 Å². The minimum atomic E-state index is -0.486. The summed E-state index contributed by atoms with van der Waals surface area (Å²) in [6.07, 6.45) is 3.17. The van der Waals surface area contributed by atoms with Crippen LogP contribution in [0.3, 0.4) is 0 Å². The molecule has 0 N–H and O–H groups in total. The number of benzene rings is 1. The Hall–Kier alpha value is -2.50. The van der Waals surface area contributed by atoms with Crippen LogP contribution in [-0.4, -0.2) is 34.1 Å². The summed E-state index contributed by atoms with van der Waals surface area (Å²) in [5, 5.41) is 5.34. The average molecular weight is 289 g/mol. The predicted molar refractivity (Wildman–Crippen MR) is 77.8 cm³/mol. The number of hydrogen-bond acceptors (Lipinski definition) is 4. The maximum Gasteiger partial charge on any atom is 0.443 e. The van der Waals surface area contributed by atoms with Crippen molar-refractivity contribution in [1.82, 2.24) is 14.8 Å². The summed E-state index contributed by atoms with van der Waals surface area (Å²) in [5.41, 5.74) is 1.10. The van der Waals surface area contributed by atoms with Gasteiger partial charge < -0.3 is 9.57 Å². The molecular weight excluding hydrogens is 270 g/mol. The standard InChI is InChI=1S/C15H19N3O3/c1-3-18(15(19)20-4-2)21-14-8-6-13(7-9-14)12-17-11-5-10-16-17/h5-11H,3-4,12H2,1-2H3. The lowest BCUT2D eigenvalue weighted by Crippen LogP contribution is -2.34. The second-order valence-electron chi connectivity index (χ2n) is 4.33. The van der Waals surface area contributed by atoms with Gasteiger partial charge in [0.05, 0.1) is 19.7 Å². The Bertz CT molecular complexity index is 552. The summed E-state index contributed by atoms with van der Waals surface area (Å²) in [4.78, 5) is 17.1. The normalized spacial score (nSPS) is 10.2. The smallest absolute Gasteiger partial charge is 0.443 e. The number of rotatable bonds is 6. The topological polar surface area (TPSA) is 56.6 Å². The fourth-order valence-corrected chi connectivity index (χ4v) is 1.79. The first-order chi connectivity index (χ1) is 10.2. The number of hydroxylamine groups is 2. The molecule has 6 heteroatoms. The van der Waals surface area contributed by atoms with Crippen LogP contribution in [0.1, 0.15) is 19.4 Å². The van der Waals surface area contributed by atoms with Crippen LogP contribution < -0.4 is 4.84 Å². The molecule has 0 spiro atoms. The molecule has 1 aromatic carbocycles. The van der Waals surface area contributed by atoms with E-state index in [-0.39, 0.29) is 0 Å². The van der Waals surface area contributed by atoms with Crippen LogP contribution >= 0.6 is 0 Å². The zero-order chi connectivity index (χ0) is 15.1. The fourth-order valence-electron chi connectivity index (χ4n) is 1.79. The average Bonchev–Trinajstić information content (AvgIpc) is 2.99. The van der Waals surface area contributed by atoms with Crippen LogP contribution in [0.4, 0.5) is 4.79 Å². The van der Waals surface area contributed by atoms with E-state index in [0.717, 1.165) is 5.56 Å². The molecule has 0 aliphatic heterocycles. The SMILES string of the molecule is CCOC(=O)N(CC)Oc1ccc(Cn2cccn2)cc1. The number of carbonyl (C=O) groups excluding carboxylic acids is 1. The minimum absolute atomic E-state index is 0.321. The molecule has 0 unspecified atom stereocenters. The molecule has 0 aliphatic carbocycles. The Morgan fingerprint density at radius 1 is 1.29 bits per heavy atom. The number of nitrogens with zero attached hydrogens (tertiary/aromatic N) is 3. The summed E-state index contributed by atoms with van der Waals surface area (Å²) >= 11 is 0. The summed E-state index contributed by atoms with van der Waals surface area (Å²) in [7, 11) is 0. The fraction of sp³-hybridized carbons (Fsp3) is 0.333. The van der Waals surface area contributed by atoms with Crippen molar-refractivity contribution in [2.75, 3.05) is 13.2 Å². The highest BCUT2D eigenvalue weighted by Gasteiger charge is 2.14. The van der Waals surface area contributed by atoms with E-state index in [1.165, 1.54) is 5.06 Å². The van der Waals surface area contributed by atoms with Gasteiger partial charge in [0.15, 0.2) is 5.75 Å². The molecule has 0 fully saturated rings. The number of amides is 1. The molecule has 2 aromatic rings. The largest absolute Gasteiger partial charge is 0.448 e. The van der Waals surface area contributed by atoms with Crippen molar-refractivity contribution < 1.29 is 14.4 Å². The summed E-state index contributed by atoms with van der Waals surface area (Å²) in [6.45, 7) is 5.01. The molecule has 21 heavy (non-hydrogen) atoms. The maximum absolute atomic E-state index is 11.6. The zero-order valence-electron chi connectivity index (χ0n) is 12.2. The summed E-state index contributed by atoms with van der Waals surface area (Å²) in [5.74, 6) is 0.592. The molecule has 1 amide bonds. The highest BCUT2D eigenvalue weighted by Crippen LogP contribution is 2.14. The second-order valence-corrected chi connectivity index (χ2v) is 4.33. The molecule has 6 nitrogen and oxygen atoms in total. The van der Waals surface area contributed by atoms with Gasteiger partial charge in [-0.05, 0) is 37.6 Å². The summed E-state index contributed by atoms with van der Waals surface area (Å²) < 4.78 is 6.75. The van der Waals surface area contributed by atoms with Gasteiger partial charge in [-0.1, -0.05) is 12.1 Å². The number of hydrogen-bond donors (Lipinski definition) is 0. The third-order valence-corrected chi connectivity index (χ3v) is 2.80. The quantitative estimate of drug-likeness (QED) is 0.767.